The highest BCUT2D eigenvalue weighted by Crippen LogP contribution is 2.47. The van der Waals surface area contributed by atoms with E-state index in [1.54, 1.807) is 4.90 Å². The highest BCUT2D eigenvalue weighted by molar-refractivity contribution is 6.30. The van der Waals surface area contributed by atoms with Crippen molar-refractivity contribution in [3.63, 3.8) is 0 Å². The number of rotatable bonds is 4. The molecule has 6 rings (SSSR count). The van der Waals surface area contributed by atoms with Gasteiger partial charge >= 0.3 is 6.01 Å². The van der Waals surface area contributed by atoms with E-state index in [0.717, 1.165) is 32.1 Å². The van der Waals surface area contributed by atoms with E-state index in [0.29, 0.717) is 19.5 Å². The van der Waals surface area contributed by atoms with Crippen LogP contribution in [-0.2, 0) is 0 Å². The first-order valence-electron chi connectivity index (χ1n) is 12.7. The van der Waals surface area contributed by atoms with Gasteiger partial charge in [-0.15, -0.1) is 0 Å². The van der Waals surface area contributed by atoms with Gasteiger partial charge < -0.3 is 9.64 Å². The molecule has 0 N–H and O–H groups in total. The minimum atomic E-state index is -2.33. The van der Waals surface area contributed by atoms with Crippen LogP contribution < -0.4 is 9.64 Å². The summed E-state index contributed by atoms with van der Waals surface area (Å²) in [6.45, 7) is -1.08. The second-order valence-electron chi connectivity index (χ2n) is 9.68. The number of fused-ring (bicyclic) bond motifs is 3. The molecule has 0 spiro atoms. The van der Waals surface area contributed by atoms with E-state index < -0.39 is 30.3 Å². The quantitative estimate of drug-likeness (QED) is 0.597. The number of ether oxygens (including phenoxy) is 1. The van der Waals surface area contributed by atoms with Gasteiger partial charge in [0.25, 0.3) is 0 Å². The van der Waals surface area contributed by atoms with Gasteiger partial charge in [-0.05, 0) is 32.2 Å². The molecule has 2 aromatic rings. The molecular weight excluding hydrogens is 455 g/mol. The minimum Gasteiger partial charge on any atom is -0.461 e. The van der Waals surface area contributed by atoms with Gasteiger partial charge in [0.1, 0.15) is 30.2 Å². The predicted molar refractivity (Wildman–Crippen MR) is 119 cm³/mol. The maximum absolute atomic E-state index is 15.1. The normalized spacial score (nSPS) is 35.5. The van der Waals surface area contributed by atoms with Crippen molar-refractivity contribution in [1.29, 1.82) is 0 Å². The van der Waals surface area contributed by atoms with Gasteiger partial charge in [0.05, 0.1) is 19.7 Å². The summed E-state index contributed by atoms with van der Waals surface area (Å²) in [6, 6.07) is -0.764. The molecule has 178 valence electrons. The Labute approximate surface area is 198 Å². The van der Waals surface area contributed by atoms with E-state index in [-0.39, 0.29) is 52.8 Å². The van der Waals surface area contributed by atoms with Crippen LogP contribution in [0.2, 0.25) is 5.15 Å². The highest BCUT2D eigenvalue weighted by Gasteiger charge is 2.55. The van der Waals surface area contributed by atoms with Gasteiger partial charge in [0.15, 0.2) is 11.0 Å². The van der Waals surface area contributed by atoms with E-state index in [4.69, 9.17) is 19.1 Å². The summed E-state index contributed by atoms with van der Waals surface area (Å²) >= 11 is 5.93. The fraction of sp³-hybridized carbons (Fsp3) is 0.696. The first-order chi connectivity index (χ1) is 16.7. The molecule has 0 bridgehead atoms. The SMILES string of the molecule is [2H]C([2H])(Oc1nc(N2CCCCC[C@@H]3[C@H](F)[C@@H]32)c2cnc(Cl)c(F)c2n1)[C@@]12CCCN1C[C@H](F)C2. The lowest BCUT2D eigenvalue weighted by Crippen LogP contribution is -2.43. The Kier molecular flexibility index (Phi) is 4.78. The van der Waals surface area contributed by atoms with E-state index in [1.807, 2.05) is 4.90 Å². The zero-order chi connectivity index (χ0) is 24.5. The molecule has 33 heavy (non-hydrogen) atoms. The zero-order valence-corrected chi connectivity index (χ0v) is 18.9. The standard InChI is InChI=1S/C23H27ClF3N5O/c24-20-17(27)18-15(10-28-20)21(32-8-3-1-2-5-14-16(26)19(14)32)30-22(29-18)33-12-23-6-4-7-31(23)11-13(25)9-23/h10,13-14,16,19H,1-9,11-12H2/t13-,14-,16+,19-,23+/m1/s1/i12D2. The van der Waals surface area contributed by atoms with Crippen molar-refractivity contribution < 1.29 is 20.6 Å². The van der Waals surface area contributed by atoms with E-state index >= 15 is 4.39 Å². The molecule has 5 atom stereocenters. The third-order valence-corrected chi connectivity index (χ3v) is 7.90. The summed E-state index contributed by atoms with van der Waals surface area (Å²) in [6.07, 6.45) is 3.87. The topological polar surface area (TPSA) is 54.4 Å². The fourth-order valence-corrected chi connectivity index (χ4v) is 6.09. The van der Waals surface area contributed by atoms with Crippen LogP contribution >= 0.6 is 11.6 Å². The van der Waals surface area contributed by atoms with Gasteiger partial charge in [0, 0.05) is 31.6 Å². The van der Waals surface area contributed by atoms with Crippen LogP contribution in [0.1, 0.15) is 47.7 Å². The van der Waals surface area contributed by atoms with Crippen molar-refractivity contribution in [2.45, 2.75) is 68.9 Å². The Bertz CT molecular complexity index is 1160. The van der Waals surface area contributed by atoms with Crippen molar-refractivity contribution in [3.05, 3.63) is 17.2 Å². The fourth-order valence-electron chi connectivity index (χ4n) is 5.95. The van der Waals surface area contributed by atoms with Crippen molar-refractivity contribution >= 4 is 28.3 Å². The maximum atomic E-state index is 15.1. The Morgan fingerprint density at radius 2 is 2.09 bits per heavy atom. The van der Waals surface area contributed by atoms with Crippen LogP contribution in [0.4, 0.5) is 19.0 Å². The lowest BCUT2D eigenvalue weighted by molar-refractivity contribution is 0.107. The first kappa shape index (κ1) is 19.4. The number of aromatic nitrogens is 3. The van der Waals surface area contributed by atoms with Gasteiger partial charge in [-0.3, -0.25) is 4.90 Å². The summed E-state index contributed by atoms with van der Waals surface area (Å²) in [4.78, 5) is 16.2. The third kappa shape index (κ3) is 3.62. The molecule has 1 aliphatic carbocycles. The molecule has 0 amide bonds. The average Bonchev–Trinajstić information content (AvgIpc) is 3.08. The molecule has 10 heteroatoms. The molecule has 0 unspecified atom stereocenters. The van der Waals surface area contributed by atoms with Crippen molar-refractivity contribution in [2.75, 3.05) is 31.1 Å². The predicted octanol–water partition coefficient (Wildman–Crippen LogP) is 4.49. The number of halogens is 4. The zero-order valence-electron chi connectivity index (χ0n) is 20.1. The second kappa shape index (κ2) is 8.12. The van der Waals surface area contributed by atoms with Crippen LogP contribution in [0.3, 0.4) is 0 Å². The Hall–Kier alpha value is -1.87. The van der Waals surface area contributed by atoms with Crippen LogP contribution in [0.5, 0.6) is 6.01 Å². The number of pyridine rings is 1. The molecule has 0 radical (unpaired) electrons. The maximum Gasteiger partial charge on any atom is 0.319 e. The van der Waals surface area contributed by atoms with Crippen LogP contribution in [0.15, 0.2) is 6.20 Å². The molecule has 3 aliphatic heterocycles. The van der Waals surface area contributed by atoms with Gasteiger partial charge in [-0.2, -0.15) is 9.97 Å². The van der Waals surface area contributed by atoms with Gasteiger partial charge in [-0.1, -0.05) is 24.4 Å². The van der Waals surface area contributed by atoms with E-state index in [2.05, 4.69) is 15.0 Å². The number of hydrogen-bond donors (Lipinski definition) is 0. The molecule has 4 fully saturated rings. The monoisotopic (exact) mass is 483 g/mol. The lowest BCUT2D eigenvalue weighted by atomic mass is 9.95. The average molecular weight is 484 g/mol. The molecule has 6 nitrogen and oxygen atoms in total. The molecule has 1 saturated carbocycles. The molecule has 5 heterocycles. The molecule has 3 saturated heterocycles. The third-order valence-electron chi connectivity index (χ3n) is 7.64. The Morgan fingerprint density at radius 1 is 1.21 bits per heavy atom. The Morgan fingerprint density at radius 3 is 2.97 bits per heavy atom. The smallest absolute Gasteiger partial charge is 0.319 e. The lowest BCUT2D eigenvalue weighted by Gasteiger charge is -2.31. The van der Waals surface area contributed by atoms with Gasteiger partial charge in [0.2, 0.25) is 0 Å². The number of hydrogen-bond acceptors (Lipinski definition) is 6. The molecular formula is C23H27ClF3N5O. The number of alkyl halides is 2. The van der Waals surface area contributed by atoms with Crippen LogP contribution in [0.25, 0.3) is 10.9 Å². The molecule has 4 aliphatic rings. The van der Waals surface area contributed by atoms with Crippen molar-refractivity contribution in [1.82, 2.24) is 19.9 Å². The minimum absolute atomic E-state index is 0.00393. The number of anilines is 1. The van der Waals surface area contributed by atoms with E-state index in [1.165, 1.54) is 6.20 Å². The first-order valence-corrected chi connectivity index (χ1v) is 12.1. The highest BCUT2D eigenvalue weighted by atomic mass is 35.5. The summed E-state index contributed by atoms with van der Waals surface area (Å²) in [5.74, 6) is -0.733. The van der Waals surface area contributed by atoms with Gasteiger partial charge in [-0.25, -0.2) is 18.2 Å². The molecule has 2 aromatic heterocycles. The summed E-state index contributed by atoms with van der Waals surface area (Å²) in [7, 11) is 0. The van der Waals surface area contributed by atoms with Crippen LogP contribution in [-0.4, -0.2) is 70.0 Å². The number of nitrogens with zero attached hydrogens (tertiary/aromatic N) is 5. The van der Waals surface area contributed by atoms with Crippen molar-refractivity contribution in [2.24, 2.45) is 5.92 Å². The molecule has 0 aromatic carbocycles. The van der Waals surface area contributed by atoms with Crippen LogP contribution in [0, 0.1) is 11.7 Å². The summed E-state index contributed by atoms with van der Waals surface area (Å²) < 4.78 is 67.5. The summed E-state index contributed by atoms with van der Waals surface area (Å²) in [5, 5.41) is -0.114. The van der Waals surface area contributed by atoms with Crippen molar-refractivity contribution in [3.8, 4) is 6.01 Å². The summed E-state index contributed by atoms with van der Waals surface area (Å²) in [5.41, 5.74) is -1.31. The Balaban J connectivity index is 1.43. The largest absolute Gasteiger partial charge is 0.461 e. The van der Waals surface area contributed by atoms with E-state index in [9.17, 15) is 8.78 Å². The second-order valence-corrected chi connectivity index (χ2v) is 10.0.